The molecule has 0 amide bonds. The Morgan fingerprint density at radius 2 is 2.38 bits per heavy atom. The van der Waals surface area contributed by atoms with Crippen molar-refractivity contribution in [1.29, 1.82) is 0 Å². The zero-order valence-corrected chi connectivity index (χ0v) is 12.6. The lowest BCUT2D eigenvalue weighted by molar-refractivity contribution is -0.153. The minimum atomic E-state index is -0.851. The lowest BCUT2D eigenvalue weighted by atomic mass is 9.88. The van der Waals surface area contributed by atoms with E-state index < -0.39 is 11.5 Å². The summed E-state index contributed by atoms with van der Waals surface area (Å²) in [4.78, 5) is 14.4. The molecule has 1 aliphatic heterocycles. The number of thiophene rings is 1. The predicted octanol–water partition coefficient (Wildman–Crippen LogP) is 2.63. The van der Waals surface area contributed by atoms with Gasteiger partial charge in [-0.15, -0.1) is 21.5 Å². The number of carbonyl (C=O) groups is 1. The summed E-state index contributed by atoms with van der Waals surface area (Å²) < 4.78 is 5.66. The molecule has 2 aromatic heterocycles. The van der Waals surface area contributed by atoms with Crippen molar-refractivity contribution in [3.05, 3.63) is 23.4 Å². The van der Waals surface area contributed by atoms with E-state index in [4.69, 9.17) is 4.42 Å². The van der Waals surface area contributed by atoms with Crippen molar-refractivity contribution >= 4 is 17.3 Å². The quantitative estimate of drug-likeness (QED) is 0.935. The summed E-state index contributed by atoms with van der Waals surface area (Å²) in [5, 5.41) is 19.5. The van der Waals surface area contributed by atoms with E-state index in [-0.39, 0.29) is 0 Å². The van der Waals surface area contributed by atoms with Crippen LogP contribution in [0.1, 0.15) is 32.1 Å². The van der Waals surface area contributed by atoms with Gasteiger partial charge in [0.1, 0.15) is 5.54 Å². The van der Waals surface area contributed by atoms with Crippen molar-refractivity contribution in [2.24, 2.45) is 0 Å². The molecule has 2 aromatic rings. The Morgan fingerprint density at radius 1 is 1.52 bits per heavy atom. The van der Waals surface area contributed by atoms with E-state index in [0.29, 0.717) is 24.7 Å². The molecule has 6 nitrogen and oxygen atoms in total. The van der Waals surface area contributed by atoms with Crippen molar-refractivity contribution in [3.63, 3.8) is 0 Å². The average Bonchev–Trinajstić information content (AvgIpc) is 3.12. The monoisotopic (exact) mass is 307 g/mol. The van der Waals surface area contributed by atoms with Crippen molar-refractivity contribution in [3.8, 4) is 10.8 Å². The van der Waals surface area contributed by atoms with Gasteiger partial charge in [-0.2, -0.15) is 0 Å². The zero-order valence-electron chi connectivity index (χ0n) is 11.8. The number of aliphatic carboxylic acids is 1. The fourth-order valence-corrected chi connectivity index (χ4v) is 3.30. The summed E-state index contributed by atoms with van der Waals surface area (Å²) in [6, 6.07) is 3.85. The van der Waals surface area contributed by atoms with Crippen LogP contribution in [0.15, 0.2) is 21.9 Å². The van der Waals surface area contributed by atoms with Crippen LogP contribution in [0, 0.1) is 0 Å². The maximum absolute atomic E-state index is 11.6. The average molecular weight is 307 g/mol. The van der Waals surface area contributed by atoms with Gasteiger partial charge in [0, 0.05) is 0 Å². The molecular weight excluding hydrogens is 290 g/mol. The van der Waals surface area contributed by atoms with Crippen LogP contribution >= 0.6 is 11.3 Å². The molecule has 1 fully saturated rings. The molecule has 112 valence electrons. The third-order valence-corrected chi connectivity index (χ3v) is 4.88. The number of carboxylic acids is 1. The Morgan fingerprint density at radius 3 is 3.10 bits per heavy atom. The van der Waals surface area contributed by atoms with Crippen LogP contribution in [0.25, 0.3) is 10.8 Å². The lowest BCUT2D eigenvalue weighted by Gasteiger charge is -2.40. The molecule has 1 aliphatic rings. The first kappa shape index (κ1) is 14.2. The maximum Gasteiger partial charge on any atom is 0.323 e. The highest BCUT2D eigenvalue weighted by Gasteiger charge is 2.41. The first-order valence-electron chi connectivity index (χ1n) is 6.94. The second kappa shape index (κ2) is 5.57. The lowest BCUT2D eigenvalue weighted by Crippen LogP contribution is -2.54. The minimum Gasteiger partial charge on any atom is -0.480 e. The van der Waals surface area contributed by atoms with Gasteiger partial charge in [0.15, 0.2) is 0 Å². The Kier molecular flexibility index (Phi) is 3.77. The van der Waals surface area contributed by atoms with Crippen LogP contribution in [-0.2, 0) is 11.3 Å². The van der Waals surface area contributed by atoms with Gasteiger partial charge in [0.05, 0.1) is 11.4 Å². The fourth-order valence-electron chi connectivity index (χ4n) is 2.65. The Balaban J connectivity index is 1.78. The van der Waals surface area contributed by atoms with E-state index >= 15 is 0 Å². The third kappa shape index (κ3) is 2.71. The summed E-state index contributed by atoms with van der Waals surface area (Å²) in [6.07, 6.45) is 2.58. The first-order valence-corrected chi connectivity index (χ1v) is 7.82. The summed E-state index contributed by atoms with van der Waals surface area (Å²) in [5.41, 5.74) is -0.851. The van der Waals surface area contributed by atoms with Gasteiger partial charge in [-0.25, -0.2) is 0 Å². The largest absolute Gasteiger partial charge is 0.480 e. The molecule has 1 saturated heterocycles. The number of nitrogens with zero attached hydrogens (tertiary/aromatic N) is 3. The molecular formula is C14H17N3O3S. The number of rotatable bonds is 4. The first-order chi connectivity index (χ1) is 10.1. The SMILES string of the molecule is CC1(C(=O)O)CCCCN1Cc1nnc(-c2cccs2)o1. The van der Waals surface area contributed by atoms with Gasteiger partial charge in [-0.05, 0) is 44.2 Å². The smallest absolute Gasteiger partial charge is 0.323 e. The Labute approximate surface area is 126 Å². The van der Waals surface area contributed by atoms with Gasteiger partial charge in [-0.3, -0.25) is 9.69 Å². The highest BCUT2D eigenvalue weighted by atomic mass is 32.1. The number of aromatic nitrogens is 2. The van der Waals surface area contributed by atoms with Gasteiger partial charge < -0.3 is 9.52 Å². The number of hydrogen-bond donors (Lipinski definition) is 1. The maximum atomic E-state index is 11.6. The van der Waals surface area contributed by atoms with Gasteiger partial charge in [0.25, 0.3) is 5.89 Å². The van der Waals surface area contributed by atoms with Gasteiger partial charge in [-0.1, -0.05) is 6.07 Å². The van der Waals surface area contributed by atoms with Crippen molar-refractivity contribution in [2.75, 3.05) is 6.54 Å². The van der Waals surface area contributed by atoms with Crippen LogP contribution in [0.4, 0.5) is 0 Å². The van der Waals surface area contributed by atoms with E-state index in [2.05, 4.69) is 10.2 Å². The van der Waals surface area contributed by atoms with E-state index in [9.17, 15) is 9.90 Å². The number of piperidine rings is 1. The molecule has 0 saturated carbocycles. The summed E-state index contributed by atoms with van der Waals surface area (Å²) >= 11 is 1.54. The Bertz CT molecular complexity index is 625. The minimum absolute atomic E-state index is 0.376. The van der Waals surface area contributed by atoms with Crippen LogP contribution in [-0.4, -0.2) is 38.3 Å². The summed E-state index contributed by atoms with van der Waals surface area (Å²) in [5.74, 6) is 0.169. The molecule has 3 heterocycles. The molecule has 7 heteroatoms. The molecule has 1 N–H and O–H groups in total. The normalized spacial score (nSPS) is 23.3. The fraction of sp³-hybridized carbons (Fsp3) is 0.500. The molecule has 0 aliphatic carbocycles. The number of hydrogen-bond acceptors (Lipinski definition) is 6. The molecule has 0 bridgehead atoms. The third-order valence-electron chi connectivity index (χ3n) is 4.03. The van der Waals surface area contributed by atoms with Gasteiger partial charge >= 0.3 is 5.97 Å². The molecule has 0 spiro atoms. The highest BCUT2D eigenvalue weighted by Crippen LogP contribution is 2.30. The molecule has 3 rings (SSSR count). The molecule has 1 atom stereocenters. The van der Waals surface area contributed by atoms with Crippen molar-refractivity contribution < 1.29 is 14.3 Å². The topological polar surface area (TPSA) is 79.5 Å². The van der Waals surface area contributed by atoms with E-state index in [1.165, 1.54) is 11.3 Å². The summed E-state index contributed by atoms with van der Waals surface area (Å²) in [6.45, 7) is 2.88. The van der Waals surface area contributed by atoms with Gasteiger partial charge in [0.2, 0.25) is 5.89 Å². The van der Waals surface area contributed by atoms with Crippen molar-refractivity contribution in [2.45, 2.75) is 38.3 Å². The number of carboxylic acid groups (broad SMARTS) is 1. The second-order valence-corrected chi connectivity index (χ2v) is 6.38. The predicted molar refractivity (Wildman–Crippen MR) is 77.9 cm³/mol. The number of likely N-dealkylation sites (tertiary alicyclic amines) is 1. The van der Waals surface area contributed by atoms with E-state index in [1.54, 1.807) is 6.92 Å². The van der Waals surface area contributed by atoms with Crippen LogP contribution in [0.3, 0.4) is 0 Å². The molecule has 0 radical (unpaired) electrons. The van der Waals surface area contributed by atoms with Crippen molar-refractivity contribution in [1.82, 2.24) is 15.1 Å². The van der Waals surface area contributed by atoms with E-state index in [0.717, 1.165) is 24.3 Å². The Hall–Kier alpha value is -1.73. The highest BCUT2D eigenvalue weighted by molar-refractivity contribution is 7.13. The zero-order chi connectivity index (χ0) is 14.9. The molecule has 0 aromatic carbocycles. The standard InChI is InChI=1S/C14H17N3O3S/c1-14(13(18)19)6-2-3-7-17(14)9-11-15-16-12(20-11)10-5-4-8-21-10/h4-5,8H,2-3,6-7,9H2,1H3,(H,18,19). The summed E-state index contributed by atoms with van der Waals surface area (Å²) in [7, 11) is 0. The second-order valence-electron chi connectivity index (χ2n) is 5.44. The van der Waals surface area contributed by atoms with Crippen LogP contribution < -0.4 is 0 Å². The van der Waals surface area contributed by atoms with Crippen LogP contribution in [0.2, 0.25) is 0 Å². The van der Waals surface area contributed by atoms with E-state index in [1.807, 2.05) is 22.4 Å². The molecule has 1 unspecified atom stereocenters. The van der Waals surface area contributed by atoms with Crippen LogP contribution in [0.5, 0.6) is 0 Å². The molecule has 21 heavy (non-hydrogen) atoms.